The molecule has 1 amide bonds. The maximum atomic E-state index is 12.6. The molecule has 1 unspecified atom stereocenters. The molecule has 0 fully saturated rings. The number of rotatable bonds is 6. The number of hydrogen-bond donors (Lipinski definition) is 2. The summed E-state index contributed by atoms with van der Waals surface area (Å²) in [5.74, 6) is -1.53. The molecule has 8 heteroatoms. The highest BCUT2D eigenvalue weighted by Gasteiger charge is 2.22. The maximum absolute atomic E-state index is 12.6. The van der Waals surface area contributed by atoms with Gasteiger partial charge in [0, 0.05) is 21.0 Å². The van der Waals surface area contributed by atoms with Crippen molar-refractivity contribution < 1.29 is 14.7 Å². The van der Waals surface area contributed by atoms with E-state index in [1.165, 1.54) is 17.4 Å². The summed E-state index contributed by atoms with van der Waals surface area (Å²) in [6.07, 6.45) is -0.317. The van der Waals surface area contributed by atoms with E-state index >= 15 is 0 Å². The second-order valence-electron chi connectivity index (χ2n) is 5.69. The van der Waals surface area contributed by atoms with Crippen molar-refractivity contribution in [3.63, 3.8) is 0 Å². The van der Waals surface area contributed by atoms with Gasteiger partial charge in [0.2, 0.25) is 0 Å². The standard InChI is InChI=1S/C19H14Cl2N2O3S/c20-12-6-7-13(14(21)8-12)15(9-17(24)25)22-18(26)16-10-27-19(23-16)11-4-2-1-3-5-11/h1-8,10,15H,9H2,(H,22,26)(H,24,25). The molecule has 5 nitrogen and oxygen atoms in total. The summed E-state index contributed by atoms with van der Waals surface area (Å²) < 4.78 is 0. The zero-order valence-electron chi connectivity index (χ0n) is 13.9. The smallest absolute Gasteiger partial charge is 0.305 e. The van der Waals surface area contributed by atoms with E-state index in [2.05, 4.69) is 10.3 Å². The lowest BCUT2D eigenvalue weighted by Gasteiger charge is -2.18. The van der Waals surface area contributed by atoms with Crippen molar-refractivity contribution in [1.82, 2.24) is 10.3 Å². The lowest BCUT2D eigenvalue weighted by atomic mass is 10.0. The molecule has 27 heavy (non-hydrogen) atoms. The summed E-state index contributed by atoms with van der Waals surface area (Å²) in [5.41, 5.74) is 1.61. The van der Waals surface area contributed by atoms with Crippen molar-refractivity contribution in [2.24, 2.45) is 0 Å². The Labute approximate surface area is 169 Å². The van der Waals surface area contributed by atoms with Crippen molar-refractivity contribution in [1.29, 1.82) is 0 Å². The SMILES string of the molecule is O=C(O)CC(NC(=O)c1csc(-c2ccccc2)n1)c1ccc(Cl)cc1Cl. The van der Waals surface area contributed by atoms with Crippen LogP contribution in [0.2, 0.25) is 10.0 Å². The van der Waals surface area contributed by atoms with E-state index in [0.29, 0.717) is 15.6 Å². The van der Waals surface area contributed by atoms with Gasteiger partial charge in [-0.15, -0.1) is 11.3 Å². The minimum atomic E-state index is -1.06. The largest absolute Gasteiger partial charge is 0.481 e. The third-order valence-corrected chi connectivity index (χ3v) is 5.23. The molecule has 1 aromatic heterocycles. The van der Waals surface area contributed by atoms with Crippen LogP contribution in [0.15, 0.2) is 53.9 Å². The quantitative estimate of drug-likeness (QED) is 0.583. The van der Waals surface area contributed by atoms with Gasteiger partial charge in [-0.3, -0.25) is 9.59 Å². The van der Waals surface area contributed by atoms with Gasteiger partial charge in [-0.2, -0.15) is 0 Å². The van der Waals surface area contributed by atoms with E-state index in [1.54, 1.807) is 17.5 Å². The van der Waals surface area contributed by atoms with E-state index in [4.69, 9.17) is 23.2 Å². The number of hydrogen-bond acceptors (Lipinski definition) is 4. The van der Waals surface area contributed by atoms with Crippen molar-refractivity contribution in [3.8, 4) is 10.6 Å². The summed E-state index contributed by atoms with van der Waals surface area (Å²) in [5, 5.41) is 15.0. The monoisotopic (exact) mass is 420 g/mol. The highest BCUT2D eigenvalue weighted by Crippen LogP contribution is 2.29. The molecular weight excluding hydrogens is 407 g/mol. The van der Waals surface area contributed by atoms with Gasteiger partial charge in [0.15, 0.2) is 0 Å². The number of halogens is 2. The van der Waals surface area contributed by atoms with Crippen LogP contribution in [0, 0.1) is 0 Å². The number of thiazole rings is 1. The molecule has 2 N–H and O–H groups in total. The maximum Gasteiger partial charge on any atom is 0.305 e. The predicted molar refractivity (Wildman–Crippen MR) is 106 cm³/mol. The third-order valence-electron chi connectivity index (χ3n) is 3.78. The zero-order chi connectivity index (χ0) is 19.4. The Kier molecular flexibility index (Phi) is 6.11. The molecule has 0 saturated carbocycles. The lowest BCUT2D eigenvalue weighted by Crippen LogP contribution is -2.30. The minimum Gasteiger partial charge on any atom is -0.481 e. The Hall–Kier alpha value is -2.41. The minimum absolute atomic E-state index is 0.222. The van der Waals surface area contributed by atoms with Crippen LogP contribution in [-0.4, -0.2) is 22.0 Å². The van der Waals surface area contributed by atoms with Crippen LogP contribution in [0.1, 0.15) is 28.5 Å². The van der Waals surface area contributed by atoms with Crippen molar-refractivity contribution >= 4 is 46.4 Å². The Morgan fingerprint density at radius 3 is 2.56 bits per heavy atom. The average Bonchev–Trinajstić information content (AvgIpc) is 3.12. The van der Waals surface area contributed by atoms with Gasteiger partial charge in [-0.1, -0.05) is 59.6 Å². The Morgan fingerprint density at radius 2 is 1.89 bits per heavy atom. The first-order chi connectivity index (χ1) is 12.9. The number of aromatic nitrogens is 1. The van der Waals surface area contributed by atoms with Gasteiger partial charge in [0.1, 0.15) is 10.7 Å². The summed E-state index contributed by atoms with van der Waals surface area (Å²) in [4.78, 5) is 28.2. The van der Waals surface area contributed by atoms with Crippen molar-refractivity contribution in [2.75, 3.05) is 0 Å². The number of benzene rings is 2. The highest BCUT2D eigenvalue weighted by atomic mass is 35.5. The number of carbonyl (C=O) groups excluding carboxylic acids is 1. The first kappa shape index (κ1) is 19.4. The van der Waals surface area contributed by atoms with Gasteiger partial charge >= 0.3 is 5.97 Å². The summed E-state index contributed by atoms with van der Waals surface area (Å²) in [7, 11) is 0. The molecule has 3 rings (SSSR count). The number of carbonyl (C=O) groups is 2. The van der Waals surface area contributed by atoms with Gasteiger partial charge in [0.05, 0.1) is 12.5 Å². The molecule has 0 aliphatic heterocycles. The Bertz CT molecular complexity index is 976. The summed E-state index contributed by atoms with van der Waals surface area (Å²) in [6.45, 7) is 0. The van der Waals surface area contributed by atoms with E-state index < -0.39 is 17.9 Å². The fraction of sp³-hybridized carbons (Fsp3) is 0.105. The van der Waals surface area contributed by atoms with Gasteiger partial charge < -0.3 is 10.4 Å². The van der Waals surface area contributed by atoms with Crippen LogP contribution in [0.5, 0.6) is 0 Å². The Balaban J connectivity index is 1.82. The first-order valence-corrected chi connectivity index (χ1v) is 9.56. The molecule has 2 aromatic carbocycles. The first-order valence-electron chi connectivity index (χ1n) is 7.92. The molecule has 138 valence electrons. The average molecular weight is 421 g/mol. The van der Waals surface area contributed by atoms with Crippen LogP contribution in [0.25, 0.3) is 10.6 Å². The van der Waals surface area contributed by atoms with Crippen LogP contribution >= 0.6 is 34.5 Å². The fourth-order valence-corrected chi connectivity index (χ4v) is 3.87. The number of nitrogens with zero attached hydrogens (tertiary/aromatic N) is 1. The normalized spacial score (nSPS) is 11.8. The molecule has 0 saturated heterocycles. The molecule has 0 bridgehead atoms. The fourth-order valence-electron chi connectivity index (χ4n) is 2.52. The van der Waals surface area contributed by atoms with E-state index in [0.717, 1.165) is 5.56 Å². The molecule has 0 spiro atoms. The van der Waals surface area contributed by atoms with Gasteiger partial charge in [0.25, 0.3) is 5.91 Å². The molecule has 3 aromatic rings. The van der Waals surface area contributed by atoms with Crippen LogP contribution < -0.4 is 5.32 Å². The number of carboxylic acids is 1. The van der Waals surface area contributed by atoms with Crippen LogP contribution in [-0.2, 0) is 4.79 Å². The second-order valence-corrected chi connectivity index (χ2v) is 7.40. The zero-order valence-corrected chi connectivity index (χ0v) is 16.2. The topological polar surface area (TPSA) is 79.3 Å². The number of aliphatic carboxylic acids is 1. The number of nitrogens with one attached hydrogen (secondary N) is 1. The molecule has 0 aliphatic carbocycles. The van der Waals surface area contributed by atoms with E-state index in [9.17, 15) is 14.7 Å². The summed E-state index contributed by atoms with van der Waals surface area (Å²) >= 11 is 13.4. The van der Waals surface area contributed by atoms with Crippen molar-refractivity contribution in [3.05, 3.63) is 75.2 Å². The molecular formula is C19H14Cl2N2O3S. The predicted octanol–water partition coefficient (Wildman–Crippen LogP) is 5.06. The van der Waals surface area contributed by atoms with Crippen molar-refractivity contribution in [2.45, 2.75) is 12.5 Å². The molecule has 1 atom stereocenters. The molecule has 1 heterocycles. The van der Waals surface area contributed by atoms with Gasteiger partial charge in [-0.05, 0) is 17.7 Å². The Morgan fingerprint density at radius 1 is 1.15 bits per heavy atom. The highest BCUT2D eigenvalue weighted by molar-refractivity contribution is 7.13. The van der Waals surface area contributed by atoms with Gasteiger partial charge in [-0.25, -0.2) is 4.98 Å². The lowest BCUT2D eigenvalue weighted by molar-refractivity contribution is -0.137. The third kappa shape index (κ3) is 4.86. The number of amides is 1. The molecule has 0 radical (unpaired) electrons. The van der Waals surface area contributed by atoms with E-state index in [1.807, 2.05) is 30.3 Å². The summed E-state index contributed by atoms with van der Waals surface area (Å²) in [6, 6.07) is 13.4. The molecule has 0 aliphatic rings. The van der Waals surface area contributed by atoms with Crippen LogP contribution in [0.3, 0.4) is 0 Å². The number of carboxylic acid groups (broad SMARTS) is 1. The second kappa shape index (κ2) is 8.52. The van der Waals surface area contributed by atoms with E-state index in [-0.39, 0.29) is 17.1 Å². The van der Waals surface area contributed by atoms with Crippen LogP contribution in [0.4, 0.5) is 0 Å².